The molecule has 0 bridgehead atoms. The van der Waals surface area contributed by atoms with Gasteiger partial charge in [0.2, 0.25) is 0 Å². The summed E-state index contributed by atoms with van der Waals surface area (Å²) in [6.45, 7) is 6.26. The van der Waals surface area contributed by atoms with Crippen LogP contribution < -0.4 is 4.72 Å². The molecule has 2 aromatic heterocycles. The quantitative estimate of drug-likeness (QED) is 0.872. The first kappa shape index (κ1) is 15.7. The second-order valence-electron chi connectivity index (χ2n) is 5.22. The van der Waals surface area contributed by atoms with Crippen molar-refractivity contribution in [3.63, 3.8) is 0 Å². The lowest BCUT2D eigenvalue weighted by Crippen LogP contribution is -2.34. The summed E-state index contributed by atoms with van der Waals surface area (Å²) in [5.41, 5.74) is 0. The van der Waals surface area contributed by atoms with Crippen LogP contribution in [0.5, 0.6) is 0 Å². The molecule has 0 spiro atoms. The number of nitrogens with one attached hydrogen (secondary N) is 1. The molecule has 0 amide bonds. The van der Waals surface area contributed by atoms with Crippen molar-refractivity contribution in [1.29, 1.82) is 0 Å². The highest BCUT2D eigenvalue weighted by Gasteiger charge is 2.28. The Hall–Kier alpha value is -1.67. The Morgan fingerprint density at radius 2 is 2.05 bits per heavy atom. The third kappa shape index (κ3) is 3.16. The maximum Gasteiger partial charge on any atom is 0.258 e. The van der Waals surface area contributed by atoms with Crippen molar-refractivity contribution >= 4 is 10.0 Å². The second-order valence-corrected chi connectivity index (χ2v) is 6.89. The zero-order chi connectivity index (χ0) is 15.6. The molecule has 7 nitrogen and oxygen atoms in total. The lowest BCUT2D eigenvalue weighted by Gasteiger charge is -2.22. The normalized spacial score (nSPS) is 13.8. The van der Waals surface area contributed by atoms with Gasteiger partial charge in [-0.05, 0) is 18.9 Å². The number of rotatable bonds is 6. The molecular weight excluding hydrogens is 290 g/mol. The summed E-state index contributed by atoms with van der Waals surface area (Å²) in [5, 5.41) is 4.18. The van der Waals surface area contributed by atoms with Gasteiger partial charge in [0, 0.05) is 26.0 Å². The minimum atomic E-state index is -3.65. The number of nitrogens with zero attached hydrogens (tertiary/aromatic N) is 4. The first-order valence-corrected chi connectivity index (χ1v) is 8.36. The third-order valence-electron chi connectivity index (χ3n) is 3.34. The molecule has 2 heterocycles. The molecule has 0 aliphatic carbocycles. The predicted molar refractivity (Wildman–Crippen MR) is 79.0 cm³/mol. The molecule has 116 valence electrons. The van der Waals surface area contributed by atoms with Crippen molar-refractivity contribution in [1.82, 2.24) is 24.1 Å². The van der Waals surface area contributed by atoms with E-state index in [4.69, 9.17) is 0 Å². The van der Waals surface area contributed by atoms with Crippen LogP contribution in [0.4, 0.5) is 0 Å². The first-order chi connectivity index (χ1) is 9.86. The smallest absolute Gasteiger partial charge is 0.258 e. The maximum atomic E-state index is 12.6. The van der Waals surface area contributed by atoms with Crippen LogP contribution in [0.25, 0.3) is 0 Å². The Morgan fingerprint density at radius 3 is 2.57 bits per heavy atom. The lowest BCUT2D eigenvalue weighted by molar-refractivity contribution is 0.431. The van der Waals surface area contributed by atoms with Gasteiger partial charge in [0.05, 0.1) is 12.2 Å². The van der Waals surface area contributed by atoms with Gasteiger partial charge in [0.25, 0.3) is 10.0 Å². The number of hydrogen-bond donors (Lipinski definition) is 1. The van der Waals surface area contributed by atoms with Gasteiger partial charge in [-0.25, -0.2) is 13.4 Å². The molecule has 1 N–H and O–H groups in total. The lowest BCUT2D eigenvalue weighted by atomic mass is 10.1. The predicted octanol–water partition coefficient (Wildman–Crippen LogP) is 1.31. The van der Waals surface area contributed by atoms with Gasteiger partial charge in [0.1, 0.15) is 5.82 Å². The molecule has 0 aromatic carbocycles. The number of imidazole rings is 1. The fraction of sp³-hybridized carbons (Fsp3) is 0.538. The summed E-state index contributed by atoms with van der Waals surface area (Å²) in [6, 6.07) is 1.11. The van der Waals surface area contributed by atoms with E-state index in [1.54, 1.807) is 12.4 Å². The first-order valence-electron chi connectivity index (χ1n) is 6.88. The zero-order valence-corrected chi connectivity index (χ0v) is 13.5. The Labute approximate surface area is 125 Å². The Kier molecular flexibility index (Phi) is 4.48. The Balaban J connectivity index is 2.35. The maximum absolute atomic E-state index is 12.6. The highest BCUT2D eigenvalue weighted by Crippen LogP contribution is 2.22. The van der Waals surface area contributed by atoms with Crippen LogP contribution in [-0.4, -0.2) is 27.7 Å². The minimum absolute atomic E-state index is 0.0684. The van der Waals surface area contributed by atoms with Gasteiger partial charge in [-0.15, -0.1) is 0 Å². The molecule has 0 fully saturated rings. The van der Waals surface area contributed by atoms with Crippen LogP contribution in [0.2, 0.25) is 0 Å². The van der Waals surface area contributed by atoms with E-state index < -0.39 is 16.1 Å². The number of sulfonamides is 1. The van der Waals surface area contributed by atoms with E-state index >= 15 is 0 Å². The molecule has 2 aromatic rings. The molecule has 21 heavy (non-hydrogen) atoms. The second kappa shape index (κ2) is 5.98. The topological polar surface area (TPSA) is 81.8 Å². The van der Waals surface area contributed by atoms with Crippen LogP contribution in [0.15, 0.2) is 29.7 Å². The molecule has 0 saturated heterocycles. The summed E-state index contributed by atoms with van der Waals surface area (Å²) >= 11 is 0. The molecule has 0 saturated carbocycles. The standard InChI is InChI=1S/C13H21N5O2S/c1-5-18-11(6-7-15-18)21(19,20)16-12(10(2)3)13-14-8-9-17(13)4/h6-10,12,16H,5H2,1-4H3. The molecule has 2 rings (SSSR count). The third-order valence-corrected chi connectivity index (χ3v) is 4.80. The monoisotopic (exact) mass is 311 g/mol. The van der Waals surface area contributed by atoms with E-state index in [9.17, 15) is 8.42 Å². The van der Waals surface area contributed by atoms with Gasteiger partial charge in [-0.2, -0.15) is 9.82 Å². The van der Waals surface area contributed by atoms with Gasteiger partial charge >= 0.3 is 0 Å². The van der Waals surface area contributed by atoms with Crippen LogP contribution >= 0.6 is 0 Å². The molecule has 0 radical (unpaired) electrons. The number of aromatic nitrogens is 4. The Morgan fingerprint density at radius 1 is 1.33 bits per heavy atom. The van der Waals surface area contributed by atoms with Crippen molar-refractivity contribution in [3.05, 3.63) is 30.5 Å². The molecule has 0 aliphatic rings. The van der Waals surface area contributed by atoms with Crippen LogP contribution in [-0.2, 0) is 23.6 Å². The zero-order valence-electron chi connectivity index (χ0n) is 12.7. The highest BCUT2D eigenvalue weighted by atomic mass is 32.2. The number of hydrogen-bond acceptors (Lipinski definition) is 4. The van der Waals surface area contributed by atoms with Crippen molar-refractivity contribution in [2.45, 2.75) is 38.4 Å². The van der Waals surface area contributed by atoms with E-state index in [1.165, 1.54) is 16.9 Å². The average Bonchev–Trinajstić information content (AvgIpc) is 3.04. The van der Waals surface area contributed by atoms with Crippen LogP contribution in [0.3, 0.4) is 0 Å². The van der Waals surface area contributed by atoms with Gasteiger partial charge in [-0.1, -0.05) is 13.8 Å². The van der Waals surface area contributed by atoms with E-state index in [1.807, 2.05) is 32.4 Å². The Bertz CT molecular complexity index is 702. The molecule has 1 atom stereocenters. The summed E-state index contributed by atoms with van der Waals surface area (Å²) in [4.78, 5) is 4.26. The fourth-order valence-electron chi connectivity index (χ4n) is 2.18. The largest absolute Gasteiger partial charge is 0.337 e. The van der Waals surface area contributed by atoms with Crippen molar-refractivity contribution in [2.75, 3.05) is 0 Å². The fourth-order valence-corrected chi connectivity index (χ4v) is 3.70. The van der Waals surface area contributed by atoms with Crippen LogP contribution in [0, 0.1) is 5.92 Å². The van der Waals surface area contributed by atoms with Crippen molar-refractivity contribution in [3.8, 4) is 0 Å². The SMILES string of the molecule is CCn1nccc1S(=O)(=O)NC(c1nccn1C)C(C)C. The van der Waals surface area contributed by atoms with E-state index in [2.05, 4.69) is 14.8 Å². The van der Waals surface area contributed by atoms with E-state index in [0.717, 1.165) is 0 Å². The molecule has 8 heteroatoms. The summed E-state index contributed by atoms with van der Waals surface area (Å²) in [5.74, 6) is 0.759. The highest BCUT2D eigenvalue weighted by molar-refractivity contribution is 7.89. The molecule has 1 unspecified atom stereocenters. The average molecular weight is 311 g/mol. The summed E-state index contributed by atoms with van der Waals surface area (Å²) in [6.07, 6.45) is 4.95. The molecular formula is C13H21N5O2S. The van der Waals surface area contributed by atoms with Crippen molar-refractivity contribution < 1.29 is 8.42 Å². The summed E-state index contributed by atoms with van der Waals surface area (Å²) < 4.78 is 31.2. The van der Waals surface area contributed by atoms with Gasteiger partial charge < -0.3 is 4.57 Å². The number of aryl methyl sites for hydroxylation is 2. The van der Waals surface area contributed by atoms with Crippen LogP contribution in [0.1, 0.15) is 32.6 Å². The summed E-state index contributed by atoms with van der Waals surface area (Å²) in [7, 11) is -1.80. The molecule has 0 aliphatic heterocycles. The van der Waals surface area contributed by atoms with E-state index in [-0.39, 0.29) is 10.9 Å². The van der Waals surface area contributed by atoms with Crippen molar-refractivity contribution in [2.24, 2.45) is 13.0 Å². The van der Waals surface area contributed by atoms with E-state index in [0.29, 0.717) is 12.4 Å². The van der Waals surface area contributed by atoms with Gasteiger partial charge in [-0.3, -0.25) is 4.68 Å². The van der Waals surface area contributed by atoms with Gasteiger partial charge in [0.15, 0.2) is 5.03 Å². The minimum Gasteiger partial charge on any atom is -0.337 e.